The summed E-state index contributed by atoms with van der Waals surface area (Å²) < 4.78 is 5.25. The van der Waals surface area contributed by atoms with Gasteiger partial charge >= 0.3 is 5.97 Å². The molecular formula is C20H24ClNO4. The number of benzene rings is 1. The van der Waals surface area contributed by atoms with E-state index in [1.807, 2.05) is 24.3 Å². The standard InChI is InChI=1S/C20H24ClNO4/c1-4-20(5-2,14-6-8-15(21)9-7-14)12-22-19(25)18-13(3)11-26-16(18)10-17(23)24/h6-9,11H,4-5,10,12H2,1-3H3,(H,22,25)(H,23,24). The summed E-state index contributed by atoms with van der Waals surface area (Å²) in [5.41, 5.74) is 1.83. The lowest BCUT2D eigenvalue weighted by Crippen LogP contribution is -2.40. The lowest BCUT2D eigenvalue weighted by Gasteiger charge is -2.32. The fourth-order valence-corrected chi connectivity index (χ4v) is 3.35. The molecule has 0 saturated heterocycles. The van der Waals surface area contributed by atoms with Crippen LogP contribution < -0.4 is 5.32 Å². The Morgan fingerprint density at radius 3 is 2.35 bits per heavy atom. The van der Waals surface area contributed by atoms with Crippen LogP contribution in [0.1, 0.15) is 53.9 Å². The lowest BCUT2D eigenvalue weighted by atomic mass is 9.75. The molecule has 2 aromatic rings. The van der Waals surface area contributed by atoms with Gasteiger partial charge in [0.1, 0.15) is 12.2 Å². The maximum absolute atomic E-state index is 12.7. The molecule has 0 unspecified atom stereocenters. The molecule has 6 heteroatoms. The number of hydrogen-bond acceptors (Lipinski definition) is 3. The average molecular weight is 378 g/mol. The van der Waals surface area contributed by atoms with Crippen molar-refractivity contribution in [2.75, 3.05) is 6.54 Å². The van der Waals surface area contributed by atoms with Crippen LogP contribution in [-0.2, 0) is 16.6 Å². The van der Waals surface area contributed by atoms with Gasteiger partial charge in [-0.05, 0) is 37.5 Å². The Bertz CT molecular complexity index is 776. The Kier molecular flexibility index (Phi) is 6.48. The van der Waals surface area contributed by atoms with Gasteiger partial charge in [0.15, 0.2) is 0 Å². The van der Waals surface area contributed by atoms with Crippen LogP contribution in [0.3, 0.4) is 0 Å². The molecule has 5 nitrogen and oxygen atoms in total. The molecule has 1 aromatic heterocycles. The quantitative estimate of drug-likeness (QED) is 0.716. The van der Waals surface area contributed by atoms with Gasteiger partial charge in [0.05, 0.1) is 11.8 Å². The monoisotopic (exact) mass is 377 g/mol. The zero-order valence-corrected chi connectivity index (χ0v) is 16.0. The lowest BCUT2D eigenvalue weighted by molar-refractivity contribution is -0.136. The Balaban J connectivity index is 2.22. The predicted octanol–water partition coefficient (Wildman–Crippen LogP) is 4.36. The highest BCUT2D eigenvalue weighted by Gasteiger charge is 2.30. The number of carbonyl (C=O) groups is 2. The Morgan fingerprint density at radius 2 is 1.81 bits per heavy atom. The Labute approximate surface area is 158 Å². The number of carbonyl (C=O) groups excluding carboxylic acids is 1. The van der Waals surface area contributed by atoms with Crippen LogP contribution in [0.2, 0.25) is 5.02 Å². The zero-order chi connectivity index (χ0) is 19.3. The second-order valence-electron chi connectivity index (χ2n) is 6.46. The van der Waals surface area contributed by atoms with E-state index in [4.69, 9.17) is 21.1 Å². The van der Waals surface area contributed by atoms with Gasteiger partial charge in [-0.1, -0.05) is 37.6 Å². The molecule has 0 saturated carbocycles. The minimum Gasteiger partial charge on any atom is -0.481 e. The van der Waals surface area contributed by atoms with Crippen LogP contribution in [-0.4, -0.2) is 23.5 Å². The van der Waals surface area contributed by atoms with Crippen molar-refractivity contribution in [1.29, 1.82) is 0 Å². The molecule has 0 spiro atoms. The van der Waals surface area contributed by atoms with E-state index in [-0.39, 0.29) is 23.5 Å². The van der Waals surface area contributed by atoms with Crippen molar-refractivity contribution >= 4 is 23.5 Å². The second-order valence-corrected chi connectivity index (χ2v) is 6.90. The highest BCUT2D eigenvalue weighted by atomic mass is 35.5. The maximum Gasteiger partial charge on any atom is 0.311 e. The SMILES string of the molecule is CCC(CC)(CNC(=O)c1c(C)coc1CC(=O)O)c1ccc(Cl)cc1. The molecule has 2 N–H and O–H groups in total. The first-order valence-corrected chi connectivity index (χ1v) is 9.03. The molecule has 0 atom stereocenters. The van der Waals surface area contributed by atoms with Crippen LogP contribution in [0, 0.1) is 6.92 Å². The Hall–Kier alpha value is -2.27. The van der Waals surface area contributed by atoms with E-state index in [0.29, 0.717) is 22.7 Å². The minimum absolute atomic E-state index is 0.178. The summed E-state index contributed by atoms with van der Waals surface area (Å²) in [6.07, 6.45) is 2.79. The van der Waals surface area contributed by atoms with Crippen molar-refractivity contribution in [3.63, 3.8) is 0 Å². The summed E-state index contributed by atoms with van der Waals surface area (Å²) in [6, 6.07) is 7.68. The summed E-state index contributed by atoms with van der Waals surface area (Å²) >= 11 is 5.99. The zero-order valence-electron chi connectivity index (χ0n) is 15.3. The molecule has 2 rings (SSSR count). The van der Waals surface area contributed by atoms with Gasteiger partial charge in [-0.3, -0.25) is 9.59 Å². The van der Waals surface area contributed by atoms with Gasteiger partial charge in [0.25, 0.3) is 5.91 Å². The maximum atomic E-state index is 12.7. The Morgan fingerprint density at radius 1 is 1.19 bits per heavy atom. The number of nitrogens with one attached hydrogen (secondary N) is 1. The average Bonchev–Trinajstić information content (AvgIpc) is 2.97. The van der Waals surface area contributed by atoms with Crippen molar-refractivity contribution < 1.29 is 19.1 Å². The fraction of sp³-hybridized carbons (Fsp3) is 0.400. The van der Waals surface area contributed by atoms with Gasteiger partial charge < -0.3 is 14.8 Å². The predicted molar refractivity (Wildman–Crippen MR) is 101 cm³/mol. The first-order chi connectivity index (χ1) is 12.3. The molecule has 1 amide bonds. The highest BCUT2D eigenvalue weighted by Crippen LogP contribution is 2.32. The largest absolute Gasteiger partial charge is 0.481 e. The van der Waals surface area contributed by atoms with Crippen molar-refractivity contribution in [3.05, 3.63) is 58.0 Å². The second kappa shape index (κ2) is 8.41. The highest BCUT2D eigenvalue weighted by molar-refractivity contribution is 6.30. The van der Waals surface area contributed by atoms with Gasteiger partial charge in [0, 0.05) is 22.5 Å². The van der Waals surface area contributed by atoms with Crippen LogP contribution in [0.25, 0.3) is 0 Å². The van der Waals surface area contributed by atoms with Crippen molar-refractivity contribution in [2.24, 2.45) is 0 Å². The van der Waals surface area contributed by atoms with E-state index in [0.717, 1.165) is 18.4 Å². The van der Waals surface area contributed by atoms with Crippen molar-refractivity contribution in [3.8, 4) is 0 Å². The number of halogens is 1. The van der Waals surface area contributed by atoms with Crippen LogP contribution >= 0.6 is 11.6 Å². The van der Waals surface area contributed by atoms with E-state index < -0.39 is 5.97 Å². The fourth-order valence-electron chi connectivity index (χ4n) is 3.22. The van der Waals surface area contributed by atoms with Crippen molar-refractivity contribution in [2.45, 2.75) is 45.4 Å². The number of rotatable bonds is 8. The van der Waals surface area contributed by atoms with E-state index in [2.05, 4.69) is 19.2 Å². The number of aliphatic carboxylic acids is 1. The molecule has 1 heterocycles. The summed E-state index contributed by atoms with van der Waals surface area (Å²) in [7, 11) is 0. The van der Waals surface area contributed by atoms with Gasteiger partial charge in [-0.2, -0.15) is 0 Å². The molecule has 1 aromatic carbocycles. The molecule has 0 radical (unpaired) electrons. The normalized spacial score (nSPS) is 11.4. The van der Waals surface area contributed by atoms with Gasteiger partial charge in [-0.15, -0.1) is 0 Å². The molecule has 0 aliphatic heterocycles. The number of hydrogen-bond donors (Lipinski definition) is 2. The molecule has 0 aliphatic carbocycles. The number of amides is 1. The van der Waals surface area contributed by atoms with Gasteiger partial charge in [-0.25, -0.2) is 0 Å². The first kappa shape index (κ1) is 20.0. The van der Waals surface area contributed by atoms with E-state index in [1.165, 1.54) is 6.26 Å². The van der Waals surface area contributed by atoms with E-state index in [1.54, 1.807) is 6.92 Å². The summed E-state index contributed by atoms with van der Waals surface area (Å²) in [4.78, 5) is 23.7. The summed E-state index contributed by atoms with van der Waals surface area (Å²) in [5, 5.41) is 12.6. The number of carboxylic acid groups (broad SMARTS) is 1. The van der Waals surface area contributed by atoms with E-state index in [9.17, 15) is 9.59 Å². The number of furan rings is 1. The third-order valence-electron chi connectivity index (χ3n) is 4.99. The molecule has 0 fully saturated rings. The number of aryl methyl sites for hydroxylation is 1. The molecule has 0 bridgehead atoms. The summed E-state index contributed by atoms with van der Waals surface area (Å²) in [5.74, 6) is -1.17. The molecule has 0 aliphatic rings. The van der Waals surface area contributed by atoms with Crippen LogP contribution in [0.5, 0.6) is 0 Å². The molecular weight excluding hydrogens is 354 g/mol. The smallest absolute Gasteiger partial charge is 0.311 e. The van der Waals surface area contributed by atoms with Gasteiger partial charge in [0.2, 0.25) is 0 Å². The molecule has 140 valence electrons. The number of carboxylic acids is 1. The third-order valence-corrected chi connectivity index (χ3v) is 5.24. The minimum atomic E-state index is -1.04. The van der Waals surface area contributed by atoms with Crippen LogP contribution in [0.4, 0.5) is 0 Å². The van der Waals surface area contributed by atoms with Crippen molar-refractivity contribution in [1.82, 2.24) is 5.32 Å². The van der Waals surface area contributed by atoms with Crippen LogP contribution in [0.15, 0.2) is 34.9 Å². The third kappa shape index (κ3) is 4.28. The molecule has 26 heavy (non-hydrogen) atoms. The van der Waals surface area contributed by atoms with E-state index >= 15 is 0 Å². The summed E-state index contributed by atoms with van der Waals surface area (Å²) in [6.45, 7) is 6.35. The topological polar surface area (TPSA) is 79.5 Å². The first-order valence-electron chi connectivity index (χ1n) is 8.66.